The summed E-state index contributed by atoms with van der Waals surface area (Å²) in [7, 11) is 0. The van der Waals surface area contributed by atoms with Gasteiger partial charge in [-0.3, -0.25) is 0 Å². The molecule has 0 saturated carbocycles. The zero-order valence-electron chi connectivity index (χ0n) is 29.1. The maximum Gasteiger partial charge on any atom is 0.161 e. The molecule has 3 nitrogen and oxygen atoms in total. The zero-order valence-corrected chi connectivity index (χ0v) is 30.0. The van der Waals surface area contributed by atoms with Gasteiger partial charge in [0.25, 0.3) is 0 Å². The third-order valence-electron chi connectivity index (χ3n) is 10.6. The first-order valence-electron chi connectivity index (χ1n) is 18.2. The fourth-order valence-electron chi connectivity index (χ4n) is 8.06. The Labute approximate surface area is 316 Å². The van der Waals surface area contributed by atoms with Gasteiger partial charge >= 0.3 is 0 Å². The third kappa shape index (κ3) is 4.96. The first kappa shape index (κ1) is 30.7. The van der Waals surface area contributed by atoms with Crippen molar-refractivity contribution in [2.75, 3.05) is 0 Å². The van der Waals surface area contributed by atoms with Crippen LogP contribution in [0.4, 0.5) is 0 Å². The van der Waals surface area contributed by atoms with Crippen molar-refractivity contribution in [3.05, 3.63) is 188 Å². The topological polar surface area (TPSA) is 30.7 Å². The predicted molar refractivity (Wildman–Crippen MR) is 229 cm³/mol. The molecule has 0 fully saturated rings. The van der Waals surface area contributed by atoms with E-state index in [9.17, 15) is 0 Å². The van der Waals surface area contributed by atoms with Gasteiger partial charge in [-0.2, -0.15) is 0 Å². The van der Waals surface area contributed by atoms with E-state index in [1.54, 1.807) is 11.3 Å². The van der Waals surface area contributed by atoms with Crippen LogP contribution in [0, 0.1) is 0 Å². The normalized spacial score (nSPS) is 11.7. The molecule has 0 aliphatic rings. The highest BCUT2D eigenvalue weighted by atomic mass is 32.1. The van der Waals surface area contributed by atoms with Crippen molar-refractivity contribution in [1.29, 1.82) is 0 Å². The molecule has 252 valence electrons. The van der Waals surface area contributed by atoms with Crippen LogP contribution in [0.1, 0.15) is 0 Å². The summed E-state index contributed by atoms with van der Waals surface area (Å²) in [6.45, 7) is 0. The lowest BCUT2D eigenvalue weighted by molar-refractivity contribution is 1.18. The molecule has 11 rings (SSSR count). The molecule has 3 aromatic heterocycles. The molecule has 0 amide bonds. The highest BCUT2D eigenvalue weighted by molar-refractivity contribution is 7.25. The van der Waals surface area contributed by atoms with E-state index in [1.807, 2.05) is 0 Å². The van der Waals surface area contributed by atoms with E-state index in [0.29, 0.717) is 0 Å². The lowest BCUT2D eigenvalue weighted by Crippen LogP contribution is -1.96. The van der Waals surface area contributed by atoms with Crippen molar-refractivity contribution in [2.24, 2.45) is 0 Å². The number of rotatable bonds is 5. The summed E-state index contributed by atoms with van der Waals surface area (Å²) in [5.74, 6) is 0.722. The number of thiophene rings is 1. The van der Waals surface area contributed by atoms with Gasteiger partial charge in [-0.25, -0.2) is 9.97 Å². The van der Waals surface area contributed by atoms with Crippen LogP contribution in [-0.4, -0.2) is 14.5 Å². The second-order valence-corrected chi connectivity index (χ2v) is 14.8. The highest BCUT2D eigenvalue weighted by Gasteiger charge is 2.20. The molecular weight excluding hydrogens is 675 g/mol. The van der Waals surface area contributed by atoms with Crippen LogP contribution in [0.3, 0.4) is 0 Å². The first-order valence-corrected chi connectivity index (χ1v) is 19.1. The molecule has 4 heteroatoms. The Morgan fingerprint density at radius 1 is 0.407 bits per heavy atom. The van der Waals surface area contributed by atoms with E-state index < -0.39 is 0 Å². The summed E-state index contributed by atoms with van der Waals surface area (Å²) in [6, 6.07) is 67.3. The molecule has 0 N–H and O–H groups in total. The molecule has 8 aromatic carbocycles. The van der Waals surface area contributed by atoms with Gasteiger partial charge in [0.2, 0.25) is 0 Å². The number of hydrogen-bond acceptors (Lipinski definition) is 3. The third-order valence-corrected chi connectivity index (χ3v) is 11.7. The smallest absolute Gasteiger partial charge is 0.161 e. The van der Waals surface area contributed by atoms with Crippen molar-refractivity contribution < 1.29 is 0 Å². The average molecular weight is 706 g/mol. The molecule has 11 aromatic rings. The van der Waals surface area contributed by atoms with Gasteiger partial charge in [-0.05, 0) is 87.6 Å². The van der Waals surface area contributed by atoms with Gasteiger partial charge in [0.05, 0.1) is 16.7 Å². The standard InChI is InChI=1S/C50H31N3S/c1-4-14-32(15-5-1)40-30-43-46(31-41(40)33-16-6-2-7-17-33)54-50-47(43)48(34-18-8-3-9-19-34)51-49(52-50)35-24-26-38(27-25-35)53-44-23-13-12-22-39(44)42-28-36-20-10-11-21-37(36)29-45(42)53/h1-31H. The number of nitrogens with zero attached hydrogens (tertiary/aromatic N) is 3. The Morgan fingerprint density at radius 2 is 1.00 bits per heavy atom. The molecule has 0 aliphatic heterocycles. The second-order valence-electron chi connectivity index (χ2n) is 13.8. The van der Waals surface area contributed by atoms with Crippen molar-refractivity contribution >= 4 is 64.2 Å². The molecule has 0 atom stereocenters. The molecule has 0 unspecified atom stereocenters. The molecule has 0 aliphatic carbocycles. The lowest BCUT2D eigenvalue weighted by atomic mass is 9.92. The van der Waals surface area contributed by atoms with Crippen LogP contribution in [0.25, 0.3) is 103 Å². The fourth-order valence-corrected chi connectivity index (χ4v) is 9.16. The summed E-state index contributed by atoms with van der Waals surface area (Å²) in [6.07, 6.45) is 0. The molecule has 0 bridgehead atoms. The largest absolute Gasteiger partial charge is 0.309 e. The lowest BCUT2D eigenvalue weighted by Gasteiger charge is -2.12. The van der Waals surface area contributed by atoms with E-state index >= 15 is 0 Å². The van der Waals surface area contributed by atoms with Crippen LogP contribution >= 0.6 is 11.3 Å². The quantitative estimate of drug-likeness (QED) is 0.178. The van der Waals surface area contributed by atoms with Gasteiger partial charge in [0, 0.05) is 43.1 Å². The van der Waals surface area contributed by atoms with E-state index in [-0.39, 0.29) is 0 Å². The Hall–Kier alpha value is -6.88. The number of benzene rings is 8. The minimum Gasteiger partial charge on any atom is -0.309 e. The fraction of sp³-hybridized carbons (Fsp3) is 0. The van der Waals surface area contributed by atoms with Crippen LogP contribution in [0.2, 0.25) is 0 Å². The number of aromatic nitrogens is 3. The predicted octanol–water partition coefficient (Wildman–Crippen LogP) is 13.8. The molecule has 0 spiro atoms. The van der Waals surface area contributed by atoms with Gasteiger partial charge in [-0.1, -0.05) is 133 Å². The molecule has 0 saturated heterocycles. The average Bonchev–Trinajstić information content (AvgIpc) is 3.77. The highest BCUT2D eigenvalue weighted by Crippen LogP contribution is 2.45. The SMILES string of the molecule is c1ccc(-c2cc3sc4nc(-c5ccc(-n6c7ccccc7c7cc8ccccc8cc76)cc5)nc(-c5ccccc5)c4c3cc2-c2ccccc2)cc1. The monoisotopic (exact) mass is 705 g/mol. The zero-order chi connectivity index (χ0) is 35.6. The molecule has 54 heavy (non-hydrogen) atoms. The minimum atomic E-state index is 0.722. The van der Waals surface area contributed by atoms with E-state index in [4.69, 9.17) is 9.97 Å². The summed E-state index contributed by atoms with van der Waals surface area (Å²) < 4.78 is 3.57. The second kappa shape index (κ2) is 12.4. The molecular formula is C50H31N3S. The van der Waals surface area contributed by atoms with Gasteiger partial charge < -0.3 is 4.57 Å². The van der Waals surface area contributed by atoms with Gasteiger partial charge in [0.1, 0.15) is 4.83 Å². The van der Waals surface area contributed by atoms with Crippen molar-refractivity contribution in [2.45, 2.75) is 0 Å². The van der Waals surface area contributed by atoms with E-state index in [2.05, 4.69) is 193 Å². The summed E-state index contributed by atoms with van der Waals surface area (Å²) >= 11 is 1.74. The van der Waals surface area contributed by atoms with Crippen molar-refractivity contribution in [1.82, 2.24) is 14.5 Å². The maximum atomic E-state index is 5.36. The van der Waals surface area contributed by atoms with Crippen LogP contribution in [0.15, 0.2) is 188 Å². The Morgan fingerprint density at radius 3 is 1.70 bits per heavy atom. The van der Waals surface area contributed by atoms with Gasteiger partial charge in [0.15, 0.2) is 5.82 Å². The van der Waals surface area contributed by atoms with Crippen molar-refractivity contribution in [3.63, 3.8) is 0 Å². The Kier molecular flexibility index (Phi) is 7.04. The summed E-state index contributed by atoms with van der Waals surface area (Å²) in [5, 5.41) is 7.25. The number of para-hydroxylation sites is 1. The number of fused-ring (bicyclic) bond motifs is 7. The molecule has 0 radical (unpaired) electrons. The summed E-state index contributed by atoms with van der Waals surface area (Å²) in [4.78, 5) is 11.6. The summed E-state index contributed by atoms with van der Waals surface area (Å²) in [5.41, 5.74) is 11.3. The van der Waals surface area contributed by atoms with Crippen LogP contribution in [-0.2, 0) is 0 Å². The van der Waals surface area contributed by atoms with Crippen LogP contribution < -0.4 is 0 Å². The van der Waals surface area contributed by atoms with Gasteiger partial charge in [-0.15, -0.1) is 11.3 Å². The van der Waals surface area contributed by atoms with Crippen molar-refractivity contribution in [3.8, 4) is 50.6 Å². The number of hydrogen-bond donors (Lipinski definition) is 0. The Bertz CT molecular complexity index is 3180. The van der Waals surface area contributed by atoms with E-state index in [0.717, 1.165) is 38.5 Å². The van der Waals surface area contributed by atoms with E-state index in [1.165, 1.54) is 64.9 Å². The minimum absolute atomic E-state index is 0.722. The maximum absolute atomic E-state index is 5.36. The van der Waals surface area contributed by atoms with Crippen LogP contribution in [0.5, 0.6) is 0 Å². The Balaban J connectivity index is 1.10. The molecule has 3 heterocycles. The first-order chi connectivity index (χ1) is 26.8.